The highest BCUT2D eigenvalue weighted by atomic mass is 16.5. The number of anilines is 1. The molecule has 0 aliphatic carbocycles. The number of nitrogens with one attached hydrogen (secondary N) is 2. The van der Waals surface area contributed by atoms with Gasteiger partial charge in [0.2, 0.25) is 0 Å². The normalized spacial score (nSPS) is 20.8. The van der Waals surface area contributed by atoms with Crippen LogP contribution in [0.1, 0.15) is 74.6 Å². The third kappa shape index (κ3) is 9.96. The fourth-order valence-corrected chi connectivity index (χ4v) is 5.05. The quantitative estimate of drug-likeness (QED) is 0.423. The molecule has 0 bridgehead atoms. The molecule has 0 unspecified atom stereocenters. The summed E-state index contributed by atoms with van der Waals surface area (Å²) in [5, 5.41) is 15.7. The highest BCUT2D eigenvalue weighted by Gasteiger charge is 2.31. The average molecular weight is 597 g/mol. The van der Waals surface area contributed by atoms with E-state index in [1.54, 1.807) is 54.1 Å². The van der Waals surface area contributed by atoms with Crippen molar-refractivity contribution in [1.29, 1.82) is 0 Å². The molecule has 3 rings (SSSR count). The summed E-state index contributed by atoms with van der Waals surface area (Å²) < 4.78 is 12.6. The van der Waals surface area contributed by atoms with Crippen LogP contribution >= 0.6 is 0 Å². The molecule has 1 aliphatic heterocycles. The lowest BCUT2D eigenvalue weighted by atomic mass is 10.0. The maximum atomic E-state index is 14.2. The zero-order valence-electron chi connectivity index (χ0n) is 26.3. The summed E-state index contributed by atoms with van der Waals surface area (Å²) in [7, 11) is 1.76. The molecule has 0 saturated carbocycles. The van der Waals surface area contributed by atoms with Gasteiger partial charge in [-0.05, 0) is 77.3 Å². The minimum absolute atomic E-state index is 0.0531. The number of hydrogen-bond donors (Lipinski definition) is 3. The van der Waals surface area contributed by atoms with E-state index < -0.39 is 6.04 Å². The van der Waals surface area contributed by atoms with Crippen molar-refractivity contribution in [2.24, 2.45) is 5.92 Å². The summed E-state index contributed by atoms with van der Waals surface area (Å²) in [4.78, 5) is 43.0. The average Bonchev–Trinajstić information content (AvgIpc) is 2.98. The number of hydrogen-bond acceptors (Lipinski definition) is 6. The Balaban J connectivity index is 1.93. The first kappa shape index (κ1) is 33.9. The van der Waals surface area contributed by atoms with Crippen molar-refractivity contribution in [3.05, 3.63) is 59.7 Å². The van der Waals surface area contributed by atoms with Crippen LogP contribution in [0.2, 0.25) is 0 Å². The standard InChI is InChI=1S/C33H48N4O6/c1-22(2)34-33(41)35-27-15-16-29-28(18-27)32(40)37(24(4)21-38)19-23(3)30(42-17-11-10-12-25(5)43-29)20-36(6)31(39)26-13-8-7-9-14-26/h7-9,13-16,18,22-25,30,38H,10-12,17,19-21H2,1-6H3,(H2,34,35,41)/t23-,24+,25-,30-/m1/s1. The monoisotopic (exact) mass is 596 g/mol. The Hall–Kier alpha value is -3.63. The fourth-order valence-electron chi connectivity index (χ4n) is 5.05. The zero-order valence-corrected chi connectivity index (χ0v) is 26.3. The summed E-state index contributed by atoms with van der Waals surface area (Å²) >= 11 is 0. The van der Waals surface area contributed by atoms with E-state index in [0.29, 0.717) is 35.7 Å². The molecule has 0 spiro atoms. The van der Waals surface area contributed by atoms with Gasteiger partial charge in [0.15, 0.2) is 0 Å². The topological polar surface area (TPSA) is 120 Å². The summed E-state index contributed by atoms with van der Waals surface area (Å²) in [5.74, 6) is -0.177. The van der Waals surface area contributed by atoms with Gasteiger partial charge >= 0.3 is 6.03 Å². The van der Waals surface area contributed by atoms with E-state index in [2.05, 4.69) is 10.6 Å². The van der Waals surface area contributed by atoms with Crippen LogP contribution in [-0.4, -0.2) is 90.4 Å². The van der Waals surface area contributed by atoms with Gasteiger partial charge in [-0.15, -0.1) is 0 Å². The van der Waals surface area contributed by atoms with Gasteiger partial charge in [-0.1, -0.05) is 25.1 Å². The molecule has 4 atom stereocenters. The van der Waals surface area contributed by atoms with Crippen LogP contribution in [0.5, 0.6) is 5.75 Å². The number of carbonyl (C=O) groups excluding carboxylic acids is 3. The van der Waals surface area contributed by atoms with Gasteiger partial charge in [0.1, 0.15) is 5.75 Å². The van der Waals surface area contributed by atoms with E-state index in [1.807, 2.05) is 45.9 Å². The smallest absolute Gasteiger partial charge is 0.319 e. The number of urea groups is 1. The number of amides is 4. The molecule has 10 nitrogen and oxygen atoms in total. The predicted octanol–water partition coefficient (Wildman–Crippen LogP) is 4.78. The van der Waals surface area contributed by atoms with Crippen LogP contribution in [0.15, 0.2) is 48.5 Å². The number of aliphatic hydroxyl groups is 1. The molecule has 1 heterocycles. The van der Waals surface area contributed by atoms with Gasteiger partial charge in [-0.25, -0.2) is 4.79 Å². The number of likely N-dealkylation sites (N-methyl/N-ethyl adjacent to an activating group) is 1. The van der Waals surface area contributed by atoms with Crippen molar-refractivity contribution < 1.29 is 29.0 Å². The molecule has 4 amide bonds. The van der Waals surface area contributed by atoms with Crippen LogP contribution in [0.3, 0.4) is 0 Å². The lowest BCUT2D eigenvalue weighted by molar-refractivity contribution is -0.0149. The maximum Gasteiger partial charge on any atom is 0.319 e. The molecule has 43 heavy (non-hydrogen) atoms. The Morgan fingerprint density at radius 1 is 1.09 bits per heavy atom. The Bertz CT molecular complexity index is 1210. The van der Waals surface area contributed by atoms with Gasteiger partial charge in [0.25, 0.3) is 11.8 Å². The van der Waals surface area contributed by atoms with E-state index in [9.17, 15) is 19.5 Å². The summed E-state index contributed by atoms with van der Waals surface area (Å²) in [6.45, 7) is 10.4. The summed E-state index contributed by atoms with van der Waals surface area (Å²) in [6.07, 6.45) is 1.95. The van der Waals surface area contributed by atoms with Crippen molar-refractivity contribution in [3.8, 4) is 5.75 Å². The number of rotatable bonds is 7. The van der Waals surface area contributed by atoms with Crippen LogP contribution in [0.25, 0.3) is 0 Å². The maximum absolute atomic E-state index is 14.2. The van der Waals surface area contributed by atoms with Crippen molar-refractivity contribution in [2.75, 3.05) is 38.7 Å². The minimum Gasteiger partial charge on any atom is -0.490 e. The molecule has 0 saturated heterocycles. The molecular formula is C33H48N4O6. The molecular weight excluding hydrogens is 548 g/mol. The first-order valence-corrected chi connectivity index (χ1v) is 15.2. The van der Waals surface area contributed by atoms with Crippen molar-refractivity contribution in [1.82, 2.24) is 15.1 Å². The predicted molar refractivity (Wildman–Crippen MR) is 168 cm³/mol. The summed E-state index contributed by atoms with van der Waals surface area (Å²) in [5.41, 5.74) is 1.35. The second kappa shape index (κ2) is 16.3. The van der Waals surface area contributed by atoms with Gasteiger partial charge in [0.05, 0.1) is 30.4 Å². The molecule has 0 radical (unpaired) electrons. The molecule has 3 N–H and O–H groups in total. The fraction of sp³-hybridized carbons (Fsp3) is 0.545. The molecule has 0 aromatic heterocycles. The van der Waals surface area contributed by atoms with Gasteiger partial charge < -0.3 is 35.0 Å². The van der Waals surface area contributed by atoms with Crippen LogP contribution in [0.4, 0.5) is 10.5 Å². The first-order chi connectivity index (χ1) is 20.5. The van der Waals surface area contributed by atoms with Crippen molar-refractivity contribution in [3.63, 3.8) is 0 Å². The first-order valence-electron chi connectivity index (χ1n) is 15.2. The molecule has 10 heteroatoms. The van der Waals surface area contributed by atoms with Crippen LogP contribution < -0.4 is 15.4 Å². The Labute approximate surface area is 255 Å². The van der Waals surface area contributed by atoms with Crippen molar-refractivity contribution >= 4 is 23.5 Å². The lowest BCUT2D eigenvalue weighted by Gasteiger charge is -2.36. The number of nitrogens with zero attached hydrogens (tertiary/aromatic N) is 2. The second-order valence-corrected chi connectivity index (χ2v) is 11.8. The van der Waals surface area contributed by atoms with Gasteiger partial charge in [-0.3, -0.25) is 9.59 Å². The highest BCUT2D eigenvalue weighted by molar-refractivity contribution is 5.99. The Kier molecular flexibility index (Phi) is 12.8. The van der Waals surface area contributed by atoms with E-state index in [1.165, 1.54) is 0 Å². The van der Waals surface area contributed by atoms with Crippen molar-refractivity contribution in [2.45, 2.75) is 78.2 Å². The van der Waals surface area contributed by atoms with E-state index in [0.717, 1.165) is 19.3 Å². The molecule has 2 aromatic rings. The molecule has 0 fully saturated rings. The van der Waals surface area contributed by atoms with Gasteiger partial charge in [0, 0.05) is 50.0 Å². The number of aliphatic hydroxyl groups excluding tert-OH is 1. The van der Waals surface area contributed by atoms with E-state index >= 15 is 0 Å². The lowest BCUT2D eigenvalue weighted by Crippen LogP contribution is -2.48. The number of ether oxygens (including phenoxy) is 2. The zero-order chi connectivity index (χ0) is 31.5. The highest BCUT2D eigenvalue weighted by Crippen LogP contribution is 2.28. The van der Waals surface area contributed by atoms with Crippen LogP contribution in [0, 0.1) is 5.92 Å². The molecule has 236 valence electrons. The Morgan fingerprint density at radius 3 is 2.49 bits per heavy atom. The number of carbonyl (C=O) groups is 3. The SMILES string of the molecule is CC(C)NC(=O)Nc1ccc2c(c1)C(=O)N([C@@H](C)CO)C[C@@H](C)[C@@H](CN(C)C(=O)c1ccccc1)OCCCC[C@@H](C)O2. The minimum atomic E-state index is -0.502. The number of benzene rings is 2. The molecule has 2 aromatic carbocycles. The summed E-state index contributed by atoms with van der Waals surface area (Å²) in [6, 6.07) is 13.2. The largest absolute Gasteiger partial charge is 0.490 e. The number of fused-ring (bicyclic) bond motifs is 1. The second-order valence-electron chi connectivity index (χ2n) is 11.8. The van der Waals surface area contributed by atoms with Crippen LogP contribution in [-0.2, 0) is 4.74 Å². The third-order valence-corrected chi connectivity index (χ3v) is 7.55. The Morgan fingerprint density at radius 2 is 1.81 bits per heavy atom. The van der Waals surface area contributed by atoms with E-state index in [4.69, 9.17) is 9.47 Å². The third-order valence-electron chi connectivity index (χ3n) is 7.55. The van der Waals surface area contributed by atoms with E-state index in [-0.39, 0.29) is 55.2 Å². The molecule has 1 aliphatic rings. The van der Waals surface area contributed by atoms with Gasteiger partial charge in [-0.2, -0.15) is 0 Å².